The van der Waals surface area contributed by atoms with Crippen molar-refractivity contribution < 1.29 is 18.0 Å². The quantitative estimate of drug-likeness (QED) is 0.317. The number of benzene rings is 3. The Bertz CT molecular complexity index is 1410. The van der Waals surface area contributed by atoms with E-state index in [0.29, 0.717) is 12.1 Å². The first-order chi connectivity index (χ1) is 19.2. The highest BCUT2D eigenvalue weighted by Crippen LogP contribution is 2.27. The molecule has 3 aromatic rings. The van der Waals surface area contributed by atoms with E-state index in [2.05, 4.69) is 19.2 Å². The van der Waals surface area contributed by atoms with Gasteiger partial charge in [-0.05, 0) is 82.3 Å². The third kappa shape index (κ3) is 8.67. The van der Waals surface area contributed by atoms with Crippen molar-refractivity contribution in [1.29, 1.82) is 0 Å². The summed E-state index contributed by atoms with van der Waals surface area (Å²) in [7, 11) is -4.09. The second-order valence-electron chi connectivity index (χ2n) is 11.8. The lowest BCUT2D eigenvalue weighted by Crippen LogP contribution is -2.55. The predicted octanol–water partition coefficient (Wildman–Crippen LogP) is 5.69. The summed E-state index contributed by atoms with van der Waals surface area (Å²) < 4.78 is 29.1. The monoisotopic (exact) mass is 577 g/mol. The van der Waals surface area contributed by atoms with Gasteiger partial charge >= 0.3 is 0 Å². The van der Waals surface area contributed by atoms with E-state index in [-0.39, 0.29) is 23.3 Å². The summed E-state index contributed by atoms with van der Waals surface area (Å²) in [4.78, 5) is 28.8. The van der Waals surface area contributed by atoms with Crippen LogP contribution in [0.5, 0.6) is 0 Å². The van der Waals surface area contributed by atoms with Crippen LogP contribution < -0.4 is 9.62 Å². The molecular formula is C33H43N3O4S. The molecular weight excluding hydrogens is 534 g/mol. The largest absolute Gasteiger partial charge is 0.350 e. The number of amides is 2. The van der Waals surface area contributed by atoms with Crippen LogP contribution in [-0.4, -0.2) is 49.8 Å². The van der Waals surface area contributed by atoms with Crippen molar-refractivity contribution in [2.45, 2.75) is 77.3 Å². The lowest BCUT2D eigenvalue weighted by molar-refractivity contribution is -0.139. The van der Waals surface area contributed by atoms with Gasteiger partial charge in [0.2, 0.25) is 11.8 Å². The molecule has 220 valence electrons. The van der Waals surface area contributed by atoms with Gasteiger partial charge in [0.25, 0.3) is 10.0 Å². The Balaban J connectivity index is 2.00. The zero-order valence-corrected chi connectivity index (χ0v) is 26.0. The van der Waals surface area contributed by atoms with Crippen molar-refractivity contribution in [2.75, 3.05) is 17.4 Å². The Hall–Kier alpha value is -3.65. The van der Waals surface area contributed by atoms with Crippen LogP contribution in [0.15, 0.2) is 83.8 Å². The molecule has 41 heavy (non-hydrogen) atoms. The Morgan fingerprint density at radius 1 is 0.854 bits per heavy atom. The van der Waals surface area contributed by atoms with Gasteiger partial charge in [0, 0.05) is 12.1 Å². The highest BCUT2D eigenvalue weighted by molar-refractivity contribution is 7.92. The Kier molecular flexibility index (Phi) is 10.4. The van der Waals surface area contributed by atoms with Gasteiger partial charge in [-0.2, -0.15) is 0 Å². The lowest BCUT2D eigenvalue weighted by atomic mass is 10.0. The Morgan fingerprint density at radius 2 is 1.44 bits per heavy atom. The van der Waals surface area contributed by atoms with E-state index < -0.39 is 34.1 Å². The summed E-state index contributed by atoms with van der Waals surface area (Å²) in [6, 6.07) is 22.7. The average molecular weight is 578 g/mol. The van der Waals surface area contributed by atoms with Gasteiger partial charge in [0.15, 0.2) is 0 Å². The third-order valence-electron chi connectivity index (χ3n) is 6.89. The second-order valence-corrected chi connectivity index (χ2v) is 13.7. The van der Waals surface area contributed by atoms with Crippen molar-refractivity contribution in [2.24, 2.45) is 0 Å². The number of sulfonamides is 1. The number of nitrogens with zero attached hydrogens (tertiary/aromatic N) is 2. The standard InChI is InChI=1S/C33H43N3O4S/c1-24(2)28-15-17-29(18-16-28)36(41(39,40)30-19-13-25(3)14-20-30)23-31(37)35(22-21-27-11-9-8-10-12-27)26(4)32(38)34-33(5,6)7/h8-20,24,26H,21-23H2,1-7H3,(H,34,38)/t26-/m0/s1. The highest BCUT2D eigenvalue weighted by atomic mass is 32.2. The Labute approximate surface area is 245 Å². The molecule has 0 saturated heterocycles. The second kappa shape index (κ2) is 13.3. The number of carbonyl (C=O) groups excluding carboxylic acids is 2. The highest BCUT2D eigenvalue weighted by Gasteiger charge is 2.33. The summed E-state index contributed by atoms with van der Waals surface area (Å²) in [5, 5.41) is 2.95. The van der Waals surface area contributed by atoms with Crippen molar-refractivity contribution in [1.82, 2.24) is 10.2 Å². The van der Waals surface area contributed by atoms with Crippen molar-refractivity contribution in [3.63, 3.8) is 0 Å². The van der Waals surface area contributed by atoms with Gasteiger partial charge in [0.1, 0.15) is 12.6 Å². The van der Waals surface area contributed by atoms with Crippen LogP contribution >= 0.6 is 0 Å². The molecule has 2 amide bonds. The summed E-state index contributed by atoms with van der Waals surface area (Å²) in [6.07, 6.45) is 0.521. The fourth-order valence-corrected chi connectivity index (χ4v) is 5.85. The smallest absolute Gasteiger partial charge is 0.264 e. The molecule has 0 spiro atoms. The van der Waals surface area contributed by atoms with Gasteiger partial charge in [-0.1, -0.05) is 74.0 Å². The maximum atomic E-state index is 14.0. The molecule has 0 radical (unpaired) electrons. The minimum atomic E-state index is -4.09. The number of rotatable bonds is 11. The lowest BCUT2D eigenvalue weighted by Gasteiger charge is -2.33. The molecule has 0 aromatic heterocycles. The van der Waals surface area contributed by atoms with Crippen LogP contribution in [-0.2, 0) is 26.0 Å². The number of carbonyl (C=O) groups is 2. The third-order valence-corrected chi connectivity index (χ3v) is 8.67. The van der Waals surface area contributed by atoms with Gasteiger partial charge < -0.3 is 10.2 Å². The first-order valence-corrected chi connectivity index (χ1v) is 15.5. The zero-order valence-electron chi connectivity index (χ0n) is 25.2. The topological polar surface area (TPSA) is 86.8 Å². The van der Waals surface area contributed by atoms with Crippen LogP contribution in [0.4, 0.5) is 5.69 Å². The number of aryl methyl sites for hydroxylation is 1. The van der Waals surface area contributed by atoms with Crippen LogP contribution in [0.25, 0.3) is 0 Å². The average Bonchev–Trinajstić information content (AvgIpc) is 2.91. The van der Waals surface area contributed by atoms with Crippen LogP contribution in [0.3, 0.4) is 0 Å². The van der Waals surface area contributed by atoms with Gasteiger partial charge in [-0.15, -0.1) is 0 Å². The summed E-state index contributed by atoms with van der Waals surface area (Å²) in [5.41, 5.74) is 2.90. The van der Waals surface area contributed by atoms with E-state index in [4.69, 9.17) is 0 Å². The molecule has 0 bridgehead atoms. The van der Waals surface area contributed by atoms with E-state index in [1.54, 1.807) is 43.3 Å². The first-order valence-electron chi connectivity index (χ1n) is 14.0. The molecule has 3 rings (SSSR count). The van der Waals surface area contributed by atoms with Gasteiger partial charge in [0.05, 0.1) is 10.6 Å². The molecule has 0 unspecified atom stereocenters. The van der Waals surface area contributed by atoms with Crippen LogP contribution in [0, 0.1) is 6.92 Å². The number of anilines is 1. The van der Waals surface area contributed by atoms with E-state index >= 15 is 0 Å². The molecule has 0 heterocycles. The van der Waals surface area contributed by atoms with E-state index in [1.165, 1.54) is 4.90 Å². The SMILES string of the molecule is Cc1ccc(S(=O)(=O)N(CC(=O)N(CCc2ccccc2)[C@@H](C)C(=O)NC(C)(C)C)c2ccc(C(C)C)cc2)cc1. The normalized spacial score (nSPS) is 12.6. The van der Waals surface area contributed by atoms with E-state index in [9.17, 15) is 18.0 Å². The van der Waals surface area contributed by atoms with Gasteiger partial charge in [-0.25, -0.2) is 8.42 Å². The van der Waals surface area contributed by atoms with Crippen LogP contribution in [0.2, 0.25) is 0 Å². The summed E-state index contributed by atoms with van der Waals surface area (Å²) >= 11 is 0. The fourth-order valence-electron chi connectivity index (χ4n) is 4.44. The molecule has 1 atom stereocenters. The Morgan fingerprint density at radius 3 is 1.98 bits per heavy atom. The van der Waals surface area contributed by atoms with E-state index in [1.807, 2.05) is 70.2 Å². The minimum absolute atomic E-state index is 0.0956. The molecule has 0 saturated carbocycles. The predicted molar refractivity (Wildman–Crippen MR) is 165 cm³/mol. The molecule has 0 aliphatic heterocycles. The molecule has 1 N–H and O–H groups in total. The molecule has 3 aromatic carbocycles. The maximum Gasteiger partial charge on any atom is 0.264 e. The van der Waals surface area contributed by atoms with Crippen molar-refractivity contribution in [3.8, 4) is 0 Å². The summed E-state index contributed by atoms with van der Waals surface area (Å²) in [5.74, 6) is -0.488. The molecule has 0 fully saturated rings. The minimum Gasteiger partial charge on any atom is -0.350 e. The van der Waals surface area contributed by atoms with Crippen molar-refractivity contribution >= 4 is 27.5 Å². The first kappa shape index (κ1) is 31.9. The van der Waals surface area contributed by atoms with Crippen molar-refractivity contribution in [3.05, 3.63) is 95.6 Å². The number of nitrogens with one attached hydrogen (secondary N) is 1. The van der Waals surface area contributed by atoms with Crippen LogP contribution in [0.1, 0.15) is 64.2 Å². The molecule has 0 aliphatic rings. The molecule has 8 heteroatoms. The van der Waals surface area contributed by atoms with E-state index in [0.717, 1.165) is 21.0 Å². The molecule has 0 aliphatic carbocycles. The molecule has 7 nitrogen and oxygen atoms in total. The number of hydrogen-bond acceptors (Lipinski definition) is 4. The summed E-state index contributed by atoms with van der Waals surface area (Å²) in [6.45, 7) is 13.1. The maximum absolute atomic E-state index is 14.0. The number of hydrogen-bond donors (Lipinski definition) is 1. The fraction of sp³-hybridized carbons (Fsp3) is 0.394. The zero-order chi connectivity index (χ0) is 30.4. The van der Waals surface area contributed by atoms with Gasteiger partial charge in [-0.3, -0.25) is 13.9 Å².